The van der Waals surface area contributed by atoms with Crippen molar-refractivity contribution in [3.63, 3.8) is 0 Å². The van der Waals surface area contributed by atoms with Crippen molar-refractivity contribution in [3.8, 4) is 17.6 Å². The Labute approximate surface area is 123 Å². The number of nitrogens with zero attached hydrogens (tertiary/aromatic N) is 1. The zero-order valence-electron chi connectivity index (χ0n) is 11.4. The summed E-state index contributed by atoms with van der Waals surface area (Å²) in [5.74, 6) is 0.950. The molecule has 2 N–H and O–H groups in total. The maximum Gasteiger partial charge on any atom is 0.175 e. The summed E-state index contributed by atoms with van der Waals surface area (Å²) in [5, 5.41) is 8.61. The average Bonchev–Trinajstić information content (AvgIpc) is 2.42. The third-order valence-electron chi connectivity index (χ3n) is 2.84. The normalized spacial score (nSPS) is 10.9. The van der Waals surface area contributed by atoms with E-state index in [0.29, 0.717) is 17.9 Å². The van der Waals surface area contributed by atoms with E-state index in [1.165, 1.54) is 18.2 Å². The molecule has 0 saturated heterocycles. The van der Waals surface area contributed by atoms with Crippen molar-refractivity contribution in [2.45, 2.75) is 11.3 Å². The summed E-state index contributed by atoms with van der Waals surface area (Å²) in [6.07, 6.45) is 1.46. The number of anilines is 1. The molecule has 5 nitrogen and oxygen atoms in total. The van der Waals surface area contributed by atoms with Gasteiger partial charge in [-0.1, -0.05) is 12.1 Å². The lowest BCUT2D eigenvalue weighted by Crippen LogP contribution is -1.99. The minimum Gasteiger partial charge on any atom is -0.455 e. The van der Waals surface area contributed by atoms with Gasteiger partial charge in [-0.05, 0) is 35.9 Å². The van der Waals surface area contributed by atoms with Gasteiger partial charge in [0.15, 0.2) is 9.84 Å². The SMILES string of the molecule is CS(=O)(=O)c1ccc(Oc2ccc(CC#N)cc2)c(N)c1. The third-order valence-corrected chi connectivity index (χ3v) is 3.95. The standard InChI is InChI=1S/C15H14N2O3S/c1-21(18,19)13-6-7-15(14(17)10-13)20-12-4-2-11(3-5-12)8-9-16/h2-7,10H,8,17H2,1H3. The molecule has 0 aliphatic rings. The number of hydrogen-bond donors (Lipinski definition) is 1. The van der Waals surface area contributed by atoms with Crippen molar-refractivity contribution in [1.82, 2.24) is 0 Å². The minimum atomic E-state index is -3.29. The van der Waals surface area contributed by atoms with Crippen molar-refractivity contribution >= 4 is 15.5 Å². The van der Waals surface area contributed by atoms with E-state index in [-0.39, 0.29) is 10.6 Å². The number of nitrogen functional groups attached to an aromatic ring is 1. The monoisotopic (exact) mass is 302 g/mol. The van der Waals surface area contributed by atoms with E-state index in [4.69, 9.17) is 15.7 Å². The Balaban J connectivity index is 2.22. The fourth-order valence-electron chi connectivity index (χ4n) is 1.74. The van der Waals surface area contributed by atoms with Crippen LogP contribution in [0.5, 0.6) is 11.5 Å². The predicted molar refractivity (Wildman–Crippen MR) is 79.8 cm³/mol. The minimum absolute atomic E-state index is 0.150. The van der Waals surface area contributed by atoms with Crippen LogP contribution in [0.1, 0.15) is 5.56 Å². The van der Waals surface area contributed by atoms with Crippen LogP contribution in [0.2, 0.25) is 0 Å². The first kappa shape index (κ1) is 14.9. The highest BCUT2D eigenvalue weighted by atomic mass is 32.2. The van der Waals surface area contributed by atoms with Gasteiger partial charge in [0.2, 0.25) is 0 Å². The molecule has 0 amide bonds. The van der Waals surface area contributed by atoms with Crippen molar-refractivity contribution in [2.24, 2.45) is 0 Å². The predicted octanol–water partition coefficient (Wildman–Crippen LogP) is 2.53. The molecule has 2 aromatic rings. The summed E-state index contributed by atoms with van der Waals surface area (Å²) in [4.78, 5) is 0.150. The van der Waals surface area contributed by atoms with Crippen LogP contribution < -0.4 is 10.5 Å². The van der Waals surface area contributed by atoms with Gasteiger partial charge in [0.1, 0.15) is 11.5 Å². The van der Waals surface area contributed by atoms with Crippen LogP contribution in [0.3, 0.4) is 0 Å². The van der Waals surface area contributed by atoms with Gasteiger partial charge in [0.25, 0.3) is 0 Å². The molecule has 2 aromatic carbocycles. The van der Waals surface area contributed by atoms with Crippen LogP contribution in [0.15, 0.2) is 47.4 Å². The fraction of sp³-hybridized carbons (Fsp3) is 0.133. The number of sulfone groups is 1. The van der Waals surface area contributed by atoms with Crippen molar-refractivity contribution < 1.29 is 13.2 Å². The maximum atomic E-state index is 11.4. The Morgan fingerprint density at radius 3 is 2.38 bits per heavy atom. The van der Waals surface area contributed by atoms with Gasteiger partial charge in [-0.25, -0.2) is 8.42 Å². The van der Waals surface area contributed by atoms with E-state index in [2.05, 4.69) is 6.07 Å². The van der Waals surface area contributed by atoms with E-state index >= 15 is 0 Å². The van der Waals surface area contributed by atoms with Gasteiger partial charge in [-0.15, -0.1) is 0 Å². The van der Waals surface area contributed by atoms with Crippen LogP contribution in [0, 0.1) is 11.3 Å². The van der Waals surface area contributed by atoms with E-state index in [1.807, 2.05) is 0 Å². The highest BCUT2D eigenvalue weighted by Crippen LogP contribution is 2.29. The molecule has 0 saturated carbocycles. The fourth-order valence-corrected chi connectivity index (χ4v) is 2.40. The second kappa shape index (κ2) is 5.85. The average molecular weight is 302 g/mol. The summed E-state index contributed by atoms with van der Waals surface area (Å²) in [6.45, 7) is 0. The summed E-state index contributed by atoms with van der Waals surface area (Å²) in [5.41, 5.74) is 6.95. The Kier molecular flexibility index (Phi) is 4.15. The zero-order valence-corrected chi connectivity index (χ0v) is 12.2. The number of nitrogens with two attached hydrogens (primary N) is 1. The first-order valence-corrected chi connectivity index (χ1v) is 8.02. The van der Waals surface area contributed by atoms with Gasteiger partial charge in [0, 0.05) is 6.26 Å². The van der Waals surface area contributed by atoms with E-state index in [1.54, 1.807) is 24.3 Å². The highest BCUT2D eigenvalue weighted by molar-refractivity contribution is 7.90. The van der Waals surface area contributed by atoms with Gasteiger partial charge >= 0.3 is 0 Å². The molecule has 21 heavy (non-hydrogen) atoms. The van der Waals surface area contributed by atoms with Gasteiger partial charge in [-0.3, -0.25) is 0 Å². The lowest BCUT2D eigenvalue weighted by atomic mass is 10.2. The van der Waals surface area contributed by atoms with Crippen LogP contribution in [0.25, 0.3) is 0 Å². The summed E-state index contributed by atoms with van der Waals surface area (Å²) in [6, 6.07) is 13.5. The molecule has 6 heteroatoms. The molecule has 0 spiro atoms. The van der Waals surface area contributed by atoms with E-state index in [0.717, 1.165) is 11.8 Å². The van der Waals surface area contributed by atoms with Crippen LogP contribution in [-0.2, 0) is 16.3 Å². The molecule has 0 aliphatic heterocycles. The molecule has 0 fully saturated rings. The molecule has 2 rings (SSSR count). The van der Waals surface area contributed by atoms with Gasteiger partial charge in [0.05, 0.1) is 23.1 Å². The first-order valence-electron chi connectivity index (χ1n) is 6.13. The summed E-state index contributed by atoms with van der Waals surface area (Å²) < 4.78 is 28.5. The number of nitriles is 1. The Morgan fingerprint density at radius 1 is 1.19 bits per heavy atom. The lowest BCUT2D eigenvalue weighted by Gasteiger charge is -2.10. The van der Waals surface area contributed by atoms with Crippen molar-refractivity contribution in [1.29, 1.82) is 5.26 Å². The number of rotatable bonds is 4. The van der Waals surface area contributed by atoms with Crippen LogP contribution in [-0.4, -0.2) is 14.7 Å². The Hall–Kier alpha value is -2.52. The summed E-state index contributed by atoms with van der Waals surface area (Å²) >= 11 is 0. The number of ether oxygens (including phenoxy) is 1. The highest BCUT2D eigenvalue weighted by Gasteiger charge is 2.10. The van der Waals surface area contributed by atoms with Crippen molar-refractivity contribution in [2.75, 3.05) is 12.0 Å². The Morgan fingerprint density at radius 2 is 1.86 bits per heavy atom. The Bertz CT molecular complexity index is 791. The number of benzene rings is 2. The quantitative estimate of drug-likeness (QED) is 0.876. The maximum absolute atomic E-state index is 11.4. The molecule has 0 heterocycles. The van der Waals surface area contributed by atoms with Gasteiger partial charge in [-0.2, -0.15) is 5.26 Å². The largest absolute Gasteiger partial charge is 0.455 e. The lowest BCUT2D eigenvalue weighted by molar-refractivity contribution is 0.484. The molecule has 108 valence electrons. The first-order chi connectivity index (χ1) is 9.90. The molecular formula is C15H14N2O3S. The smallest absolute Gasteiger partial charge is 0.175 e. The molecule has 0 radical (unpaired) electrons. The molecule has 0 bridgehead atoms. The van der Waals surface area contributed by atoms with Gasteiger partial charge < -0.3 is 10.5 Å². The van der Waals surface area contributed by atoms with Crippen LogP contribution >= 0.6 is 0 Å². The molecule has 0 aliphatic carbocycles. The summed E-state index contributed by atoms with van der Waals surface area (Å²) in [7, 11) is -3.29. The molecular weight excluding hydrogens is 288 g/mol. The number of hydrogen-bond acceptors (Lipinski definition) is 5. The van der Waals surface area contributed by atoms with Crippen LogP contribution in [0.4, 0.5) is 5.69 Å². The van der Waals surface area contributed by atoms with E-state index < -0.39 is 9.84 Å². The third kappa shape index (κ3) is 3.74. The van der Waals surface area contributed by atoms with Crippen molar-refractivity contribution in [3.05, 3.63) is 48.0 Å². The van der Waals surface area contributed by atoms with E-state index in [9.17, 15) is 8.42 Å². The topological polar surface area (TPSA) is 93.2 Å². The molecule has 0 unspecified atom stereocenters. The zero-order chi connectivity index (χ0) is 15.5. The molecule has 0 aromatic heterocycles. The second-order valence-corrected chi connectivity index (χ2v) is 6.57. The molecule has 0 atom stereocenters. The second-order valence-electron chi connectivity index (χ2n) is 4.55.